The minimum absolute atomic E-state index is 0.00321. The van der Waals surface area contributed by atoms with E-state index < -0.39 is 54.0 Å². The van der Waals surface area contributed by atoms with Gasteiger partial charge < -0.3 is 46.4 Å². The molecule has 2 aromatic carbocycles. The quantitative estimate of drug-likeness (QED) is 0.0629. The van der Waals surface area contributed by atoms with Gasteiger partial charge >= 0.3 is 5.97 Å². The number of allylic oxidation sites excluding steroid dienone is 2. The third-order valence-corrected chi connectivity index (χ3v) is 14.9. The van der Waals surface area contributed by atoms with Crippen LogP contribution in [0.3, 0.4) is 0 Å². The van der Waals surface area contributed by atoms with Crippen molar-refractivity contribution in [1.82, 2.24) is 10.6 Å². The van der Waals surface area contributed by atoms with Crippen molar-refractivity contribution in [2.45, 2.75) is 210 Å². The van der Waals surface area contributed by atoms with E-state index >= 15 is 0 Å². The van der Waals surface area contributed by atoms with Crippen LogP contribution in [0.2, 0.25) is 0 Å². The lowest BCUT2D eigenvalue weighted by atomic mass is 9.57. The highest BCUT2D eigenvalue weighted by atomic mass is 16.4. The lowest BCUT2D eigenvalue weighted by Crippen LogP contribution is -2.63. The van der Waals surface area contributed by atoms with E-state index in [1.165, 1.54) is 0 Å². The van der Waals surface area contributed by atoms with Crippen molar-refractivity contribution in [2.24, 2.45) is 5.92 Å². The molecule has 0 unspecified atom stereocenters. The number of fused-ring (bicyclic) bond motifs is 1. The van der Waals surface area contributed by atoms with E-state index in [1.54, 1.807) is 18.2 Å². The molecule has 2 aliphatic heterocycles. The van der Waals surface area contributed by atoms with Gasteiger partial charge in [-0.2, -0.15) is 0 Å². The molecule has 2 fully saturated rings. The van der Waals surface area contributed by atoms with E-state index in [1.807, 2.05) is 32.1 Å². The van der Waals surface area contributed by atoms with Crippen LogP contribution in [0, 0.1) is 17.8 Å². The number of unbranched alkanes of at least 4 members (excludes halogenated alkanes) is 1. The van der Waals surface area contributed by atoms with E-state index in [0.717, 1.165) is 110 Å². The van der Waals surface area contributed by atoms with Crippen LogP contribution in [0.15, 0.2) is 65.8 Å². The molecule has 0 radical (unpaired) electrons. The highest BCUT2D eigenvalue weighted by molar-refractivity contribution is 5.67. The van der Waals surface area contributed by atoms with Crippen LogP contribution in [-0.4, -0.2) is 96.4 Å². The van der Waals surface area contributed by atoms with Gasteiger partial charge in [-0.25, -0.2) is 0 Å². The summed E-state index contributed by atoms with van der Waals surface area (Å²) in [7, 11) is 0. The third-order valence-electron chi connectivity index (χ3n) is 14.9. The van der Waals surface area contributed by atoms with Crippen molar-refractivity contribution in [3.63, 3.8) is 0 Å². The van der Waals surface area contributed by atoms with Gasteiger partial charge in [0.05, 0.1) is 30.5 Å². The maximum atomic E-state index is 13.5. The summed E-state index contributed by atoms with van der Waals surface area (Å²) in [6, 6.07) is 12.8. The molecule has 0 spiro atoms. The van der Waals surface area contributed by atoms with Gasteiger partial charge in [-0.1, -0.05) is 113 Å². The van der Waals surface area contributed by atoms with E-state index in [9.17, 15) is 40.5 Å². The minimum atomic E-state index is -1.37. The average molecular weight is 885 g/mol. The lowest BCUT2D eigenvalue weighted by molar-refractivity contribution is -0.138. The fraction of sp³-hybridized carbons (Fsp3) is 0.648. The van der Waals surface area contributed by atoms with Crippen LogP contribution < -0.4 is 10.6 Å². The molecule has 0 amide bonds. The zero-order valence-electron chi connectivity index (χ0n) is 39.2. The van der Waals surface area contributed by atoms with E-state index in [-0.39, 0.29) is 36.6 Å². The first-order chi connectivity index (χ1) is 30.7. The normalized spacial score (nSPS) is 26.8. The van der Waals surface area contributed by atoms with Crippen LogP contribution >= 0.6 is 0 Å². The number of aryl methyl sites for hydroxylation is 2. The van der Waals surface area contributed by atoms with Crippen LogP contribution in [-0.2, 0) is 23.1 Å². The molecule has 10 nitrogen and oxygen atoms in total. The first-order valence-corrected chi connectivity index (χ1v) is 24.6. The maximum Gasteiger partial charge on any atom is 0.303 e. The largest absolute Gasteiger partial charge is 0.508 e. The van der Waals surface area contributed by atoms with Crippen molar-refractivity contribution in [2.75, 3.05) is 6.61 Å². The third kappa shape index (κ3) is 13.5. The maximum absolute atomic E-state index is 13.5. The highest BCUT2D eigenvalue weighted by Crippen LogP contribution is 2.50. The zero-order valence-corrected chi connectivity index (χ0v) is 39.2. The van der Waals surface area contributed by atoms with Gasteiger partial charge in [0.25, 0.3) is 0 Å². The molecule has 9 N–H and O–H groups in total. The van der Waals surface area contributed by atoms with Crippen LogP contribution in [0.1, 0.15) is 166 Å². The smallest absolute Gasteiger partial charge is 0.303 e. The molecule has 3 aliphatic rings. The first kappa shape index (κ1) is 51.5. The topological polar surface area (TPSA) is 183 Å². The Morgan fingerprint density at radius 2 is 1.72 bits per heavy atom. The Hall–Kier alpha value is -3.53. The second-order valence-electron chi connectivity index (χ2n) is 19.5. The molecule has 0 bridgehead atoms. The Kier molecular flexibility index (Phi) is 20.0. The van der Waals surface area contributed by atoms with Crippen LogP contribution in [0.4, 0.5) is 0 Å². The van der Waals surface area contributed by atoms with Crippen molar-refractivity contribution in [3.05, 3.63) is 88.0 Å². The van der Waals surface area contributed by atoms with E-state index in [2.05, 4.69) is 54.5 Å². The second-order valence-corrected chi connectivity index (χ2v) is 19.5. The Balaban J connectivity index is 1.70. The highest BCUT2D eigenvalue weighted by Gasteiger charge is 2.53. The molecule has 5 rings (SSSR count). The fourth-order valence-corrected chi connectivity index (χ4v) is 11.1. The van der Waals surface area contributed by atoms with Crippen molar-refractivity contribution in [3.8, 4) is 17.6 Å². The Labute approximate surface area is 383 Å². The molecule has 10 heteroatoms. The molecule has 2 heterocycles. The number of rotatable bonds is 19. The van der Waals surface area contributed by atoms with Gasteiger partial charge in [0.2, 0.25) is 0 Å². The number of aliphatic hydroxyl groups is 5. The predicted octanol–water partition coefficient (Wildman–Crippen LogP) is 7.92. The Morgan fingerprint density at radius 3 is 2.41 bits per heavy atom. The summed E-state index contributed by atoms with van der Waals surface area (Å²) in [5.41, 5.74) is 3.87. The average Bonchev–Trinajstić information content (AvgIpc) is 3.45. The molecule has 1 saturated heterocycles. The molecule has 354 valence electrons. The number of phenolic OH excluding ortho intramolecular Hbond substituents is 1. The van der Waals surface area contributed by atoms with Gasteiger partial charge in [-0.3, -0.25) is 4.79 Å². The van der Waals surface area contributed by atoms with Gasteiger partial charge in [0.15, 0.2) is 0 Å². The number of phenols is 1. The van der Waals surface area contributed by atoms with Crippen LogP contribution in [0.5, 0.6) is 5.75 Å². The first-order valence-electron chi connectivity index (χ1n) is 24.6. The number of aliphatic hydroxyl groups excluding tert-OH is 4. The van der Waals surface area contributed by atoms with Gasteiger partial charge in [-0.05, 0) is 130 Å². The summed E-state index contributed by atoms with van der Waals surface area (Å²) in [4.78, 5) is 12.1. The summed E-state index contributed by atoms with van der Waals surface area (Å²) < 4.78 is 0. The molecule has 64 heavy (non-hydrogen) atoms. The molecule has 1 aliphatic carbocycles. The summed E-state index contributed by atoms with van der Waals surface area (Å²) in [6.45, 7) is 7.82. The van der Waals surface area contributed by atoms with Crippen molar-refractivity contribution >= 4 is 5.97 Å². The number of hydrogen-bond donors (Lipinski definition) is 9. The van der Waals surface area contributed by atoms with Crippen LogP contribution in [0.25, 0.3) is 0 Å². The van der Waals surface area contributed by atoms with Gasteiger partial charge in [-0.15, -0.1) is 0 Å². The number of aliphatic carboxylic acids is 1. The Morgan fingerprint density at radius 1 is 0.969 bits per heavy atom. The van der Waals surface area contributed by atoms with Gasteiger partial charge in [0, 0.05) is 48.0 Å². The van der Waals surface area contributed by atoms with Crippen molar-refractivity contribution in [1.29, 1.82) is 0 Å². The number of carboxylic acids is 1. The summed E-state index contributed by atoms with van der Waals surface area (Å²) in [5, 5.41) is 85.6. The van der Waals surface area contributed by atoms with E-state index in [0.29, 0.717) is 38.5 Å². The minimum Gasteiger partial charge on any atom is -0.508 e. The Bertz CT molecular complexity index is 1890. The number of aromatic hydroxyl groups is 1. The molecular weight excluding hydrogens is 805 g/mol. The monoisotopic (exact) mass is 885 g/mol. The van der Waals surface area contributed by atoms with E-state index in [4.69, 9.17) is 0 Å². The second kappa shape index (κ2) is 24.8. The lowest BCUT2D eigenvalue weighted by Gasteiger charge is -2.52. The van der Waals surface area contributed by atoms with Gasteiger partial charge in [0.1, 0.15) is 5.75 Å². The number of hydrogen-bond acceptors (Lipinski definition) is 9. The number of benzene rings is 2. The molecule has 1 saturated carbocycles. The fourth-order valence-electron chi connectivity index (χ4n) is 11.1. The molecule has 2 aromatic rings. The molecular formula is C54H80N2O8. The molecule has 9 atom stereocenters. The summed E-state index contributed by atoms with van der Waals surface area (Å²) >= 11 is 0. The SMILES string of the molecule is CCCC[C@H](O)[C@H](O)/C=C/C1=C(\C[C@H](O)CO)[C@H](CCC[C@H]2N[C@@H](C)CCC[C@@H]2CC(=O)O)N[C@@H]([C@@](C)(O)C2(c3ccc(O)cc3)CCCCC2)CC#Cc2c(CC)cccc2CC1. The zero-order chi connectivity index (χ0) is 46.3. The summed E-state index contributed by atoms with van der Waals surface area (Å²) in [5.74, 6) is 6.50. The standard InChI is InChI=1S/C54H80N2O8/c1-5-7-22-49(60)50(61)31-26-40-25-24-39-17-12-16-38(6-2)45(39)19-13-23-51(53(4,64)54(32-9-8-10-33-54)42-27-29-43(58)30-28-42)56-48(46(40)35-44(59)36-57)21-14-20-47-41(34-52(62)63)18-11-15-37(3)55-47/h12,16-17,26-31,37,41,44,47-51,55-61,64H,5-11,14-15,18,20-25,32-36H2,1-4H3,(H,62,63)/b31-26+,46-40+/t37-,41+,44-,47+,48-,49-,50+,51+,53+/m0/s1. The summed E-state index contributed by atoms with van der Waals surface area (Å²) in [6.07, 6.45) is 14.3. The number of carbonyl (C=O) groups is 1. The molecule has 0 aromatic heterocycles. The number of nitrogens with one attached hydrogen (secondary N) is 2. The number of carboxylic acid groups (broad SMARTS) is 1. The van der Waals surface area contributed by atoms with Crippen molar-refractivity contribution < 1.29 is 40.5 Å². The predicted molar refractivity (Wildman–Crippen MR) is 255 cm³/mol.